The van der Waals surface area contributed by atoms with Crippen LogP contribution >= 0.6 is 11.6 Å². The van der Waals surface area contributed by atoms with E-state index in [1.165, 1.54) is 11.1 Å². The molecule has 0 bridgehead atoms. The van der Waals surface area contributed by atoms with Gasteiger partial charge in [-0.3, -0.25) is 4.90 Å². The fourth-order valence-electron chi connectivity index (χ4n) is 5.61. The third-order valence-corrected chi connectivity index (χ3v) is 7.47. The molecule has 35 heavy (non-hydrogen) atoms. The van der Waals surface area contributed by atoms with Gasteiger partial charge in [-0.05, 0) is 100 Å². The summed E-state index contributed by atoms with van der Waals surface area (Å²) in [6.07, 6.45) is 3.37. The molecule has 3 aliphatic rings. The Labute approximate surface area is 210 Å². The quantitative estimate of drug-likeness (QED) is 0.404. The van der Waals surface area contributed by atoms with E-state index in [-0.39, 0.29) is 18.2 Å². The predicted molar refractivity (Wildman–Crippen MR) is 136 cm³/mol. The van der Waals surface area contributed by atoms with Crippen molar-refractivity contribution in [3.8, 4) is 28.1 Å². The van der Waals surface area contributed by atoms with Gasteiger partial charge in [0.05, 0.1) is 11.7 Å². The van der Waals surface area contributed by atoms with Gasteiger partial charge in [-0.2, -0.15) is 0 Å². The van der Waals surface area contributed by atoms with Gasteiger partial charge in [-0.15, -0.1) is 0 Å². The molecule has 3 heterocycles. The summed E-state index contributed by atoms with van der Waals surface area (Å²) in [6, 6.07) is 10.4. The minimum Gasteiger partial charge on any atom is -0.488 e. The normalized spacial score (nSPS) is 20.4. The van der Waals surface area contributed by atoms with E-state index in [1.807, 2.05) is 43.9 Å². The highest BCUT2D eigenvalue weighted by Crippen LogP contribution is 2.44. The van der Waals surface area contributed by atoms with Gasteiger partial charge in [-0.25, -0.2) is 9.78 Å². The summed E-state index contributed by atoms with van der Waals surface area (Å²) >= 11 is 6.18. The van der Waals surface area contributed by atoms with Gasteiger partial charge in [0.15, 0.2) is 0 Å². The fourth-order valence-corrected chi connectivity index (χ4v) is 5.77. The highest BCUT2D eigenvalue weighted by atomic mass is 35.5. The van der Waals surface area contributed by atoms with Gasteiger partial charge < -0.3 is 14.5 Å². The van der Waals surface area contributed by atoms with Crippen molar-refractivity contribution in [3.63, 3.8) is 0 Å². The third-order valence-electron chi connectivity index (χ3n) is 7.23. The molecule has 3 aromatic rings. The van der Waals surface area contributed by atoms with Gasteiger partial charge in [0, 0.05) is 27.9 Å². The molecule has 1 N–H and O–H groups in total. The lowest BCUT2D eigenvalue weighted by molar-refractivity contribution is 0.0151. The SMILES string of the molecule is C[C@H]1CC[C@@H](c2nc3c([nH]2)CCc2cc4c(cc2-3)COc2cc(Cl)ccc2-4)N1C(=O)OC(C)(C)C. The predicted octanol–water partition coefficient (Wildman–Crippen LogP) is 6.85. The molecule has 182 valence electrons. The van der Waals surface area contributed by atoms with Gasteiger partial charge in [0.25, 0.3) is 0 Å². The maximum Gasteiger partial charge on any atom is 0.411 e. The number of carbonyl (C=O) groups is 1. The molecule has 0 saturated carbocycles. The summed E-state index contributed by atoms with van der Waals surface area (Å²) in [5.41, 5.74) is 7.50. The Balaban J connectivity index is 1.36. The number of ether oxygens (including phenoxy) is 2. The minimum absolute atomic E-state index is 0.105. The van der Waals surface area contributed by atoms with Crippen LogP contribution in [0, 0.1) is 0 Å². The van der Waals surface area contributed by atoms with Gasteiger partial charge >= 0.3 is 6.09 Å². The van der Waals surface area contributed by atoms with Gasteiger partial charge in [-0.1, -0.05) is 11.6 Å². The maximum atomic E-state index is 13.0. The molecule has 1 amide bonds. The second-order valence-corrected chi connectivity index (χ2v) is 11.3. The lowest BCUT2D eigenvalue weighted by Gasteiger charge is -2.30. The van der Waals surface area contributed by atoms with Gasteiger partial charge in [0.1, 0.15) is 23.8 Å². The van der Waals surface area contributed by atoms with Crippen molar-refractivity contribution >= 4 is 17.7 Å². The zero-order chi connectivity index (χ0) is 24.5. The lowest BCUT2D eigenvalue weighted by Crippen LogP contribution is -2.40. The number of aromatic nitrogens is 2. The van der Waals surface area contributed by atoms with E-state index in [4.69, 9.17) is 26.1 Å². The number of nitrogens with zero attached hydrogens (tertiary/aromatic N) is 2. The van der Waals surface area contributed by atoms with Crippen molar-refractivity contribution in [1.82, 2.24) is 14.9 Å². The Morgan fingerprint density at radius 1 is 1.11 bits per heavy atom. The molecule has 1 aromatic heterocycles. The highest BCUT2D eigenvalue weighted by molar-refractivity contribution is 6.30. The largest absolute Gasteiger partial charge is 0.488 e. The second kappa shape index (κ2) is 8.02. The van der Waals surface area contributed by atoms with Crippen LogP contribution in [0.25, 0.3) is 22.4 Å². The average molecular weight is 492 g/mol. The van der Waals surface area contributed by atoms with Crippen molar-refractivity contribution in [2.45, 2.75) is 77.7 Å². The zero-order valence-electron chi connectivity index (χ0n) is 20.6. The van der Waals surface area contributed by atoms with Crippen molar-refractivity contribution in [1.29, 1.82) is 0 Å². The standard InChI is InChI=1S/C28H30ClN3O3/c1-15-5-10-23(32(15)27(33)35-28(2,3)4)26-30-22-9-6-16-11-20-17(12-21(16)25(22)31-26)14-34-24-13-18(29)7-8-19(20)24/h7-8,11-13,15,23H,5-6,9-10,14H2,1-4H3,(H,30,31)/t15-,23-/m0/s1. The molecule has 0 spiro atoms. The number of hydrogen-bond donors (Lipinski definition) is 1. The van der Waals surface area contributed by atoms with E-state index >= 15 is 0 Å². The molecular weight excluding hydrogens is 462 g/mol. The van der Waals surface area contributed by atoms with E-state index in [9.17, 15) is 4.79 Å². The summed E-state index contributed by atoms with van der Waals surface area (Å²) in [6.45, 7) is 8.30. The number of likely N-dealkylation sites (tertiary alicyclic amines) is 1. The number of hydrogen-bond acceptors (Lipinski definition) is 4. The molecule has 1 fully saturated rings. The smallest absolute Gasteiger partial charge is 0.411 e. The number of imidazole rings is 1. The Morgan fingerprint density at radius 3 is 2.71 bits per heavy atom. The van der Waals surface area contributed by atoms with Crippen LogP contribution in [-0.2, 0) is 24.2 Å². The number of benzene rings is 2. The Kier molecular flexibility index (Phi) is 5.15. The van der Waals surface area contributed by atoms with E-state index in [0.29, 0.717) is 11.6 Å². The van der Waals surface area contributed by atoms with E-state index in [2.05, 4.69) is 24.0 Å². The first-order valence-corrected chi connectivity index (χ1v) is 12.7. The number of halogens is 1. The van der Waals surface area contributed by atoms with Crippen LogP contribution in [0.15, 0.2) is 30.3 Å². The molecule has 2 aromatic carbocycles. The summed E-state index contributed by atoms with van der Waals surface area (Å²) < 4.78 is 11.7. The van der Waals surface area contributed by atoms with E-state index in [1.54, 1.807) is 0 Å². The first kappa shape index (κ1) is 22.5. The maximum absolute atomic E-state index is 13.0. The molecule has 7 heteroatoms. The summed E-state index contributed by atoms with van der Waals surface area (Å²) in [7, 11) is 0. The minimum atomic E-state index is -0.531. The molecular formula is C28H30ClN3O3. The first-order valence-electron chi connectivity index (χ1n) is 12.4. The highest BCUT2D eigenvalue weighted by Gasteiger charge is 2.40. The molecule has 6 nitrogen and oxygen atoms in total. The number of rotatable bonds is 1. The Bertz CT molecular complexity index is 1340. The topological polar surface area (TPSA) is 67.5 Å². The Hall–Kier alpha value is -2.99. The number of aryl methyl sites for hydroxylation is 2. The molecule has 1 aliphatic carbocycles. The molecule has 0 radical (unpaired) electrons. The summed E-state index contributed by atoms with van der Waals surface area (Å²) in [4.78, 5) is 23.5. The van der Waals surface area contributed by atoms with E-state index < -0.39 is 5.60 Å². The number of H-pyrrole nitrogens is 1. The third kappa shape index (κ3) is 3.88. The average Bonchev–Trinajstić information content (AvgIpc) is 3.40. The number of carbonyl (C=O) groups excluding carboxylic acids is 1. The number of aromatic amines is 1. The lowest BCUT2D eigenvalue weighted by atomic mass is 9.86. The van der Waals surface area contributed by atoms with Crippen LogP contribution in [0.2, 0.25) is 5.02 Å². The zero-order valence-corrected chi connectivity index (χ0v) is 21.3. The number of nitrogens with one attached hydrogen (secondary N) is 1. The van der Waals surface area contributed by atoms with Crippen LogP contribution in [0.4, 0.5) is 4.79 Å². The Morgan fingerprint density at radius 2 is 1.91 bits per heavy atom. The van der Waals surface area contributed by atoms with Crippen LogP contribution < -0.4 is 4.74 Å². The summed E-state index contributed by atoms with van der Waals surface area (Å²) in [5.74, 6) is 1.69. The number of amides is 1. The van der Waals surface area contributed by atoms with Crippen LogP contribution in [0.5, 0.6) is 5.75 Å². The molecule has 2 atom stereocenters. The van der Waals surface area contributed by atoms with Crippen LogP contribution in [0.1, 0.15) is 69.2 Å². The van der Waals surface area contributed by atoms with Crippen molar-refractivity contribution < 1.29 is 14.3 Å². The monoisotopic (exact) mass is 491 g/mol. The molecule has 6 rings (SSSR count). The van der Waals surface area contributed by atoms with Crippen LogP contribution in [0.3, 0.4) is 0 Å². The summed E-state index contributed by atoms with van der Waals surface area (Å²) in [5, 5.41) is 0.681. The van der Waals surface area contributed by atoms with Crippen molar-refractivity contribution in [2.75, 3.05) is 0 Å². The fraction of sp³-hybridized carbons (Fsp3) is 0.429. The molecule has 0 unspecified atom stereocenters. The van der Waals surface area contributed by atoms with Crippen molar-refractivity contribution in [2.24, 2.45) is 0 Å². The van der Waals surface area contributed by atoms with E-state index in [0.717, 1.165) is 65.3 Å². The van der Waals surface area contributed by atoms with Gasteiger partial charge in [0.2, 0.25) is 0 Å². The van der Waals surface area contributed by atoms with Crippen molar-refractivity contribution in [3.05, 3.63) is 58.0 Å². The number of fused-ring (bicyclic) bond motifs is 6. The second-order valence-electron chi connectivity index (χ2n) is 10.9. The molecule has 1 saturated heterocycles. The molecule has 2 aliphatic heterocycles. The first-order chi connectivity index (χ1) is 16.7. The van der Waals surface area contributed by atoms with Crippen LogP contribution in [-0.4, -0.2) is 32.6 Å².